The number of carbonyl (C=O) groups is 1. The SMILES string of the molecule is Nc1ncc(C2=CC(C(=O)c3cccnc3)NCC2)nc1-c1nnc(-c2ccccc2)o1. The standard InChI is InChI=1S/C23H19N7O2/c24-21-19(23-30-29-22(32-23)14-5-2-1-3-6-14)28-18(13-27-21)15-8-10-26-17(11-15)20(31)16-7-4-9-25-12-16/h1-7,9,11-13,17,26H,8,10H2,(H2,24,27). The van der Waals surface area contributed by atoms with Gasteiger partial charge in [0.1, 0.15) is 0 Å². The Morgan fingerprint density at radius 1 is 1.06 bits per heavy atom. The molecule has 9 heteroatoms. The van der Waals surface area contributed by atoms with Crippen molar-refractivity contribution in [1.82, 2.24) is 30.5 Å². The van der Waals surface area contributed by atoms with E-state index in [-0.39, 0.29) is 17.5 Å². The highest BCUT2D eigenvalue weighted by atomic mass is 16.4. The van der Waals surface area contributed by atoms with Gasteiger partial charge >= 0.3 is 0 Å². The Morgan fingerprint density at radius 2 is 1.91 bits per heavy atom. The minimum Gasteiger partial charge on any atom is -0.414 e. The number of hydrogen-bond acceptors (Lipinski definition) is 9. The van der Waals surface area contributed by atoms with Crippen LogP contribution in [-0.2, 0) is 0 Å². The van der Waals surface area contributed by atoms with Gasteiger partial charge in [-0.05, 0) is 36.3 Å². The number of anilines is 1. The van der Waals surface area contributed by atoms with Crippen LogP contribution in [0.3, 0.4) is 0 Å². The lowest BCUT2D eigenvalue weighted by Crippen LogP contribution is -2.38. The number of nitrogens with two attached hydrogens (primary N) is 1. The molecule has 1 unspecified atom stereocenters. The van der Waals surface area contributed by atoms with Crippen molar-refractivity contribution in [3.05, 3.63) is 78.4 Å². The Bertz CT molecular complexity index is 1290. The van der Waals surface area contributed by atoms with Gasteiger partial charge in [-0.2, -0.15) is 0 Å². The molecule has 0 fully saturated rings. The molecule has 4 aromatic rings. The lowest BCUT2D eigenvalue weighted by molar-refractivity contribution is 0.0962. The average Bonchev–Trinajstić information content (AvgIpc) is 3.35. The molecular formula is C23H19N7O2. The summed E-state index contributed by atoms with van der Waals surface area (Å²) in [5.41, 5.74) is 9.21. The maximum atomic E-state index is 12.8. The molecule has 0 amide bonds. The average molecular weight is 425 g/mol. The molecule has 0 bridgehead atoms. The van der Waals surface area contributed by atoms with Crippen LogP contribution < -0.4 is 11.1 Å². The molecule has 0 saturated carbocycles. The van der Waals surface area contributed by atoms with Crippen molar-refractivity contribution in [3.63, 3.8) is 0 Å². The van der Waals surface area contributed by atoms with Crippen molar-refractivity contribution in [2.24, 2.45) is 0 Å². The van der Waals surface area contributed by atoms with Gasteiger partial charge in [-0.1, -0.05) is 24.3 Å². The van der Waals surface area contributed by atoms with E-state index in [4.69, 9.17) is 10.2 Å². The van der Waals surface area contributed by atoms with Gasteiger partial charge in [-0.25, -0.2) is 9.97 Å². The van der Waals surface area contributed by atoms with E-state index in [1.807, 2.05) is 36.4 Å². The zero-order valence-electron chi connectivity index (χ0n) is 17.0. The minimum atomic E-state index is -0.473. The van der Waals surface area contributed by atoms with Crippen LogP contribution >= 0.6 is 0 Å². The summed E-state index contributed by atoms with van der Waals surface area (Å²) in [4.78, 5) is 25.8. The first-order valence-corrected chi connectivity index (χ1v) is 10.1. The van der Waals surface area contributed by atoms with Crippen molar-refractivity contribution >= 4 is 17.2 Å². The summed E-state index contributed by atoms with van der Waals surface area (Å²) >= 11 is 0. The van der Waals surface area contributed by atoms with Crippen LogP contribution in [0.15, 0.2) is 71.5 Å². The number of ketones is 1. The predicted octanol–water partition coefficient (Wildman–Crippen LogP) is 2.80. The highest BCUT2D eigenvalue weighted by Crippen LogP contribution is 2.28. The predicted molar refractivity (Wildman–Crippen MR) is 118 cm³/mol. The molecule has 1 aliphatic heterocycles. The van der Waals surface area contributed by atoms with E-state index < -0.39 is 6.04 Å². The number of Topliss-reactive ketones (excluding diaryl/α,β-unsaturated/α-hetero) is 1. The Morgan fingerprint density at radius 3 is 2.72 bits per heavy atom. The molecule has 1 aromatic carbocycles. The zero-order chi connectivity index (χ0) is 21.9. The van der Waals surface area contributed by atoms with Crippen LogP contribution in [0.2, 0.25) is 0 Å². The molecular weight excluding hydrogens is 406 g/mol. The molecule has 0 radical (unpaired) electrons. The smallest absolute Gasteiger partial charge is 0.270 e. The molecule has 32 heavy (non-hydrogen) atoms. The van der Waals surface area contributed by atoms with Gasteiger partial charge in [-0.3, -0.25) is 9.78 Å². The highest BCUT2D eigenvalue weighted by molar-refractivity contribution is 6.02. The third-order valence-electron chi connectivity index (χ3n) is 5.13. The quantitative estimate of drug-likeness (QED) is 0.463. The molecule has 4 heterocycles. The van der Waals surface area contributed by atoms with Crippen LogP contribution in [-0.4, -0.2) is 43.5 Å². The van der Waals surface area contributed by atoms with Gasteiger partial charge in [-0.15, -0.1) is 10.2 Å². The molecule has 1 atom stereocenters. The Hall–Kier alpha value is -4.24. The van der Waals surface area contributed by atoms with E-state index in [9.17, 15) is 4.79 Å². The first-order valence-electron chi connectivity index (χ1n) is 10.1. The molecule has 0 spiro atoms. The third-order valence-corrected chi connectivity index (χ3v) is 5.13. The van der Waals surface area contributed by atoms with Gasteiger partial charge < -0.3 is 15.5 Å². The minimum absolute atomic E-state index is 0.0525. The number of carbonyl (C=O) groups excluding carboxylic acids is 1. The summed E-state index contributed by atoms with van der Waals surface area (Å²) in [5, 5.41) is 11.4. The van der Waals surface area contributed by atoms with Crippen molar-refractivity contribution < 1.29 is 9.21 Å². The molecule has 9 nitrogen and oxygen atoms in total. The number of nitrogens with zero attached hydrogens (tertiary/aromatic N) is 5. The second kappa shape index (κ2) is 8.48. The molecule has 3 aromatic heterocycles. The van der Waals surface area contributed by atoms with E-state index in [2.05, 4.69) is 30.5 Å². The molecule has 0 saturated heterocycles. The van der Waals surface area contributed by atoms with E-state index in [0.29, 0.717) is 35.8 Å². The van der Waals surface area contributed by atoms with Crippen LogP contribution in [0, 0.1) is 0 Å². The van der Waals surface area contributed by atoms with Crippen LogP contribution in [0.5, 0.6) is 0 Å². The van der Waals surface area contributed by atoms with Crippen molar-refractivity contribution in [2.45, 2.75) is 12.5 Å². The topological polar surface area (TPSA) is 133 Å². The summed E-state index contributed by atoms with van der Waals surface area (Å²) in [5.74, 6) is 0.696. The molecule has 158 valence electrons. The molecule has 3 N–H and O–H groups in total. The maximum absolute atomic E-state index is 12.8. The Balaban J connectivity index is 1.45. The fourth-order valence-corrected chi connectivity index (χ4v) is 3.50. The number of nitrogens with one attached hydrogen (secondary N) is 1. The van der Waals surface area contributed by atoms with Crippen LogP contribution in [0.1, 0.15) is 22.5 Å². The molecule has 5 rings (SSSR count). The summed E-state index contributed by atoms with van der Waals surface area (Å²) in [6.07, 6.45) is 7.35. The number of hydrogen-bond donors (Lipinski definition) is 2. The van der Waals surface area contributed by atoms with E-state index in [1.165, 1.54) is 0 Å². The van der Waals surface area contributed by atoms with Gasteiger partial charge in [0.05, 0.1) is 17.9 Å². The lowest BCUT2D eigenvalue weighted by atomic mass is 9.96. The number of benzene rings is 1. The van der Waals surface area contributed by atoms with Crippen molar-refractivity contribution in [2.75, 3.05) is 12.3 Å². The Kier molecular flexibility index (Phi) is 5.22. The third kappa shape index (κ3) is 3.88. The van der Waals surface area contributed by atoms with Gasteiger partial charge in [0.15, 0.2) is 17.3 Å². The van der Waals surface area contributed by atoms with Crippen molar-refractivity contribution in [3.8, 4) is 23.0 Å². The zero-order valence-corrected chi connectivity index (χ0v) is 17.0. The highest BCUT2D eigenvalue weighted by Gasteiger charge is 2.24. The maximum Gasteiger partial charge on any atom is 0.270 e. The number of aromatic nitrogens is 5. The van der Waals surface area contributed by atoms with E-state index >= 15 is 0 Å². The van der Waals surface area contributed by atoms with Crippen molar-refractivity contribution in [1.29, 1.82) is 0 Å². The molecule has 0 aliphatic carbocycles. The van der Waals surface area contributed by atoms with Gasteiger partial charge in [0, 0.05) is 30.1 Å². The molecule has 1 aliphatic rings. The first-order chi connectivity index (χ1) is 15.7. The summed E-state index contributed by atoms with van der Waals surface area (Å²) < 4.78 is 5.80. The van der Waals surface area contributed by atoms with Crippen LogP contribution in [0.25, 0.3) is 28.6 Å². The lowest BCUT2D eigenvalue weighted by Gasteiger charge is -2.21. The number of pyridine rings is 1. The number of rotatable bonds is 5. The van der Waals surface area contributed by atoms with Crippen LogP contribution in [0.4, 0.5) is 5.82 Å². The Labute approximate surface area is 183 Å². The second-order valence-corrected chi connectivity index (χ2v) is 7.25. The van der Waals surface area contributed by atoms with E-state index in [1.54, 1.807) is 30.7 Å². The largest absolute Gasteiger partial charge is 0.414 e. The summed E-state index contributed by atoms with van der Waals surface area (Å²) in [7, 11) is 0. The summed E-state index contributed by atoms with van der Waals surface area (Å²) in [6.45, 7) is 0.628. The van der Waals surface area contributed by atoms with E-state index in [0.717, 1.165) is 11.1 Å². The number of nitrogen functional groups attached to an aromatic ring is 1. The summed E-state index contributed by atoms with van der Waals surface area (Å²) in [6, 6.07) is 12.5. The second-order valence-electron chi connectivity index (χ2n) is 7.25. The van der Waals surface area contributed by atoms with Gasteiger partial charge in [0.25, 0.3) is 5.89 Å². The fraction of sp³-hybridized carbons (Fsp3) is 0.130. The first kappa shape index (κ1) is 19.7. The monoisotopic (exact) mass is 425 g/mol. The van der Waals surface area contributed by atoms with Gasteiger partial charge in [0.2, 0.25) is 5.89 Å². The fourth-order valence-electron chi connectivity index (χ4n) is 3.50. The normalized spacial score (nSPS) is 15.9.